The largest absolute Gasteiger partial charge is 0.493 e. The highest BCUT2D eigenvalue weighted by Crippen LogP contribution is 2.31. The summed E-state index contributed by atoms with van der Waals surface area (Å²) in [6.07, 6.45) is 4.88. The van der Waals surface area contributed by atoms with Crippen LogP contribution in [0.4, 0.5) is 0 Å². The Balaban J connectivity index is 0.000000516. The van der Waals surface area contributed by atoms with Crippen LogP contribution in [0.3, 0.4) is 0 Å². The molecular formula is C18H25NO7S. The number of rotatable bonds is 9. The van der Waals surface area contributed by atoms with E-state index in [9.17, 15) is 14.4 Å². The summed E-state index contributed by atoms with van der Waals surface area (Å²) in [4.78, 5) is 31.4. The minimum absolute atomic E-state index is 0.302. The van der Waals surface area contributed by atoms with Gasteiger partial charge in [-0.2, -0.15) is 11.8 Å². The molecule has 1 aromatic rings. The molecule has 0 heterocycles. The monoisotopic (exact) mass is 399 g/mol. The van der Waals surface area contributed by atoms with E-state index in [4.69, 9.17) is 19.7 Å². The lowest BCUT2D eigenvalue weighted by atomic mass is 10.1. The van der Waals surface area contributed by atoms with Crippen molar-refractivity contribution in [1.82, 2.24) is 5.32 Å². The maximum Gasteiger partial charge on any atom is 0.328 e. The second-order valence-electron chi connectivity index (χ2n) is 5.13. The molecule has 0 unspecified atom stereocenters. The topological polar surface area (TPSA) is 122 Å². The number of benzene rings is 1. The molecule has 0 saturated heterocycles. The summed E-state index contributed by atoms with van der Waals surface area (Å²) in [7, 11) is 3.04. The summed E-state index contributed by atoms with van der Waals surface area (Å²) in [5, 5.41) is 19.5. The zero-order valence-electron chi connectivity index (χ0n) is 15.7. The standard InChI is InChI=1S/C11H12O4.C7H13NO3S/c1-14-9-5-3-4-8(11(9)15-2)6-7-10(12)13;1-5(9)8-6(7(10)11)3-4-12-2/h3-7H,1-2H3,(H,12,13);6H,3-4H2,1-2H3,(H,8,9)(H,10,11)/b7-6+;/t;6-/m.0/s1. The molecule has 0 aliphatic rings. The van der Waals surface area contributed by atoms with Crippen molar-refractivity contribution in [3.05, 3.63) is 29.8 Å². The number of carboxylic acids is 2. The van der Waals surface area contributed by atoms with Gasteiger partial charge < -0.3 is 25.0 Å². The third-order valence-electron chi connectivity index (χ3n) is 3.13. The Bertz CT molecular complexity index is 661. The summed E-state index contributed by atoms with van der Waals surface area (Å²) in [6.45, 7) is 1.31. The maximum absolute atomic E-state index is 10.5. The SMILES string of the molecule is COc1cccc(/C=C/C(=O)O)c1OC.CSCC[C@H](NC(C)=O)C(=O)O. The van der Waals surface area contributed by atoms with E-state index in [1.54, 1.807) is 30.0 Å². The summed E-state index contributed by atoms with van der Waals surface area (Å²) < 4.78 is 10.2. The number of carboxylic acid groups (broad SMARTS) is 2. The average Bonchev–Trinajstić information content (AvgIpc) is 2.62. The number of carbonyl (C=O) groups excluding carboxylic acids is 1. The molecule has 0 fully saturated rings. The first kappa shape index (κ1) is 24.3. The Morgan fingerprint density at radius 1 is 1.22 bits per heavy atom. The van der Waals surface area contributed by atoms with Crippen molar-refractivity contribution in [3.63, 3.8) is 0 Å². The van der Waals surface area contributed by atoms with Crippen LogP contribution in [0.15, 0.2) is 24.3 Å². The lowest BCUT2D eigenvalue weighted by molar-refractivity contribution is -0.141. The number of methoxy groups -OCH3 is 2. The van der Waals surface area contributed by atoms with Crippen LogP contribution in [-0.2, 0) is 14.4 Å². The van der Waals surface area contributed by atoms with Crippen LogP contribution in [0, 0.1) is 0 Å². The first-order chi connectivity index (χ1) is 12.8. The number of nitrogens with one attached hydrogen (secondary N) is 1. The fraction of sp³-hybridized carbons (Fsp3) is 0.389. The Kier molecular flexibility index (Phi) is 12.2. The van der Waals surface area contributed by atoms with Crippen molar-refractivity contribution in [3.8, 4) is 11.5 Å². The van der Waals surface area contributed by atoms with Gasteiger partial charge in [0.1, 0.15) is 6.04 Å². The van der Waals surface area contributed by atoms with E-state index < -0.39 is 18.0 Å². The van der Waals surface area contributed by atoms with E-state index in [2.05, 4.69) is 5.32 Å². The molecule has 1 atom stereocenters. The minimum Gasteiger partial charge on any atom is -0.493 e. The third-order valence-corrected chi connectivity index (χ3v) is 3.77. The van der Waals surface area contributed by atoms with Gasteiger partial charge in [0.25, 0.3) is 0 Å². The lowest BCUT2D eigenvalue weighted by Crippen LogP contribution is -2.39. The zero-order valence-corrected chi connectivity index (χ0v) is 16.5. The van der Waals surface area contributed by atoms with Gasteiger partial charge in [-0.3, -0.25) is 4.79 Å². The molecule has 0 saturated carbocycles. The Labute approximate surface area is 162 Å². The van der Waals surface area contributed by atoms with Gasteiger partial charge in [0.2, 0.25) is 5.91 Å². The molecule has 0 aliphatic carbocycles. The molecule has 0 bridgehead atoms. The Morgan fingerprint density at radius 3 is 2.33 bits per heavy atom. The van der Waals surface area contributed by atoms with E-state index >= 15 is 0 Å². The van der Waals surface area contributed by atoms with Gasteiger partial charge in [0.05, 0.1) is 14.2 Å². The zero-order chi connectivity index (χ0) is 20.8. The van der Waals surface area contributed by atoms with Crippen LogP contribution >= 0.6 is 11.8 Å². The molecule has 0 aromatic heterocycles. The van der Waals surface area contributed by atoms with Gasteiger partial charge in [0, 0.05) is 18.6 Å². The second kappa shape index (κ2) is 13.5. The number of ether oxygens (including phenoxy) is 2. The highest BCUT2D eigenvalue weighted by Gasteiger charge is 2.16. The van der Waals surface area contributed by atoms with Gasteiger partial charge in [-0.1, -0.05) is 12.1 Å². The van der Waals surface area contributed by atoms with Crippen LogP contribution in [-0.4, -0.2) is 60.3 Å². The van der Waals surface area contributed by atoms with Crippen LogP contribution in [0.5, 0.6) is 11.5 Å². The molecule has 150 valence electrons. The number of thioether (sulfide) groups is 1. The summed E-state index contributed by atoms with van der Waals surface area (Å²) in [5.41, 5.74) is 0.666. The average molecular weight is 399 g/mol. The molecular weight excluding hydrogens is 374 g/mol. The van der Waals surface area contributed by atoms with Gasteiger partial charge in [-0.15, -0.1) is 0 Å². The van der Waals surface area contributed by atoms with Crippen molar-refractivity contribution in [2.75, 3.05) is 26.2 Å². The van der Waals surface area contributed by atoms with Crippen molar-refractivity contribution < 1.29 is 34.1 Å². The van der Waals surface area contributed by atoms with Crippen LogP contribution in [0.25, 0.3) is 6.08 Å². The smallest absolute Gasteiger partial charge is 0.328 e. The summed E-state index contributed by atoms with van der Waals surface area (Å²) >= 11 is 1.56. The van der Waals surface area contributed by atoms with E-state index in [1.165, 1.54) is 27.2 Å². The van der Waals surface area contributed by atoms with E-state index in [-0.39, 0.29) is 5.91 Å². The predicted molar refractivity (Wildman–Crippen MR) is 104 cm³/mol. The lowest BCUT2D eigenvalue weighted by Gasteiger charge is -2.11. The summed E-state index contributed by atoms with van der Waals surface area (Å²) in [5.74, 6) is -0.442. The van der Waals surface area contributed by atoms with Gasteiger partial charge in [-0.05, 0) is 30.6 Å². The first-order valence-electron chi connectivity index (χ1n) is 7.87. The van der Waals surface area contributed by atoms with Gasteiger partial charge in [-0.25, -0.2) is 9.59 Å². The van der Waals surface area contributed by atoms with E-state index in [0.717, 1.165) is 11.8 Å². The molecule has 1 rings (SSSR count). The minimum atomic E-state index is -1.00. The number of carbonyl (C=O) groups is 3. The highest BCUT2D eigenvalue weighted by molar-refractivity contribution is 7.98. The number of amides is 1. The Morgan fingerprint density at radius 2 is 1.89 bits per heavy atom. The molecule has 0 aliphatic heterocycles. The predicted octanol–water partition coefficient (Wildman–Crippen LogP) is 2.13. The first-order valence-corrected chi connectivity index (χ1v) is 9.27. The van der Waals surface area contributed by atoms with Crippen LogP contribution in [0.1, 0.15) is 18.9 Å². The number of para-hydroxylation sites is 1. The molecule has 0 radical (unpaired) electrons. The molecule has 8 nitrogen and oxygen atoms in total. The van der Waals surface area contributed by atoms with Gasteiger partial charge in [0.15, 0.2) is 11.5 Å². The van der Waals surface area contributed by atoms with Gasteiger partial charge >= 0.3 is 11.9 Å². The van der Waals surface area contributed by atoms with Crippen molar-refractivity contribution in [2.24, 2.45) is 0 Å². The fourth-order valence-electron chi connectivity index (χ4n) is 1.94. The van der Waals surface area contributed by atoms with Crippen molar-refractivity contribution in [2.45, 2.75) is 19.4 Å². The van der Waals surface area contributed by atoms with Crippen molar-refractivity contribution in [1.29, 1.82) is 0 Å². The normalized spacial score (nSPS) is 11.1. The van der Waals surface area contributed by atoms with Crippen LogP contribution in [0.2, 0.25) is 0 Å². The summed E-state index contributed by atoms with van der Waals surface area (Å²) in [6, 6.07) is 4.52. The Hall–Kier alpha value is -2.68. The second-order valence-corrected chi connectivity index (χ2v) is 6.11. The molecule has 3 N–H and O–H groups in total. The highest BCUT2D eigenvalue weighted by atomic mass is 32.2. The third kappa shape index (κ3) is 10.1. The maximum atomic E-state index is 10.5. The molecule has 0 spiro atoms. The molecule has 27 heavy (non-hydrogen) atoms. The number of aliphatic carboxylic acids is 2. The van der Waals surface area contributed by atoms with Crippen molar-refractivity contribution >= 4 is 35.7 Å². The molecule has 9 heteroatoms. The number of hydrogen-bond donors (Lipinski definition) is 3. The van der Waals surface area contributed by atoms with E-state index in [0.29, 0.717) is 23.5 Å². The number of hydrogen-bond acceptors (Lipinski definition) is 6. The van der Waals surface area contributed by atoms with E-state index in [1.807, 2.05) is 6.26 Å². The molecule has 1 aromatic carbocycles. The molecule has 1 amide bonds. The fourth-order valence-corrected chi connectivity index (χ4v) is 2.41. The van der Waals surface area contributed by atoms with Crippen LogP contribution < -0.4 is 14.8 Å². The quantitative estimate of drug-likeness (QED) is 0.540.